The van der Waals surface area contributed by atoms with E-state index in [1.165, 1.54) is 90.4 Å². The maximum atomic E-state index is 15.4. The zero-order valence-corrected chi connectivity index (χ0v) is 56.6. The summed E-state index contributed by atoms with van der Waals surface area (Å²) in [6.45, 7) is 0. The Morgan fingerprint density at radius 2 is 0.495 bits per heavy atom. The molecule has 3 nitrogen and oxygen atoms in total. The Morgan fingerprint density at radius 1 is 0.208 bits per heavy atom. The predicted octanol–water partition coefficient (Wildman–Crippen LogP) is 27.9. The summed E-state index contributed by atoms with van der Waals surface area (Å²) >= 11 is 3.60. The van der Waals surface area contributed by atoms with Crippen molar-refractivity contribution in [3.8, 4) is 89.3 Å². The second-order valence-corrected chi connectivity index (χ2v) is 27.2. The topological polar surface area (TPSA) is 19.4 Å². The van der Waals surface area contributed by atoms with Crippen LogP contribution in [0.25, 0.3) is 130 Å². The van der Waals surface area contributed by atoms with Crippen molar-refractivity contribution in [2.75, 3.05) is 9.80 Å². The molecule has 0 unspecified atom stereocenters. The second kappa shape index (κ2) is 27.7. The highest BCUT2D eigenvalue weighted by Crippen LogP contribution is 2.45. The third kappa shape index (κ3) is 12.8. The molecule has 0 saturated carbocycles. The second-order valence-electron chi connectivity index (χ2n) is 25.1. The molecule has 6 heteroatoms. The van der Waals surface area contributed by atoms with Gasteiger partial charge in [-0.1, -0.05) is 273 Å². The minimum absolute atomic E-state index is 0.247. The van der Waals surface area contributed by atoms with Crippen LogP contribution in [0.5, 0.6) is 0 Å². The van der Waals surface area contributed by atoms with Crippen molar-refractivity contribution in [2.45, 2.75) is 0 Å². The van der Waals surface area contributed by atoms with Gasteiger partial charge < -0.3 is 9.80 Å². The van der Waals surface area contributed by atoms with Crippen LogP contribution in [0.2, 0.25) is 0 Å². The fraction of sp³-hybridized carbons (Fsp3) is 0. The van der Waals surface area contributed by atoms with Gasteiger partial charge in [-0.3, -0.25) is 0 Å². The fourth-order valence-electron chi connectivity index (χ4n) is 13.8. The molecule has 18 aromatic rings. The van der Waals surface area contributed by atoms with Gasteiger partial charge >= 0.3 is 0 Å². The van der Waals surface area contributed by atoms with E-state index in [0.717, 1.165) is 73.3 Å². The molecular weight excluding hydrogens is 1270 g/mol. The summed E-state index contributed by atoms with van der Waals surface area (Å²) in [7, 11) is 0. The molecule has 0 aliphatic carbocycles. The molecule has 18 rings (SSSR count). The average molecular weight is 1330 g/mol. The molecule has 0 atom stereocenters. The van der Waals surface area contributed by atoms with Crippen LogP contribution in [0.15, 0.2) is 388 Å². The van der Waals surface area contributed by atoms with Gasteiger partial charge in [0.05, 0.1) is 11.4 Å². The Kier molecular flexibility index (Phi) is 17.0. The first-order valence-corrected chi connectivity index (χ1v) is 35.6. The highest BCUT2D eigenvalue weighted by atomic mass is 32.1. The molecule has 15 aromatic carbocycles. The summed E-state index contributed by atoms with van der Waals surface area (Å²) in [6, 6.07) is 136. The number of rotatable bonds is 14. The molecule has 3 heterocycles. The summed E-state index contributed by atoms with van der Waals surface area (Å²) in [5.74, 6) is -0.247. The van der Waals surface area contributed by atoms with E-state index >= 15 is 4.39 Å². The van der Waals surface area contributed by atoms with Crippen molar-refractivity contribution in [1.82, 2.24) is 4.98 Å². The number of nitrogens with zero attached hydrogens (tertiary/aromatic N) is 3. The van der Waals surface area contributed by atoms with E-state index < -0.39 is 0 Å². The number of anilines is 6. The van der Waals surface area contributed by atoms with Crippen molar-refractivity contribution >= 4 is 97.1 Å². The quantitative estimate of drug-likeness (QED) is 0.108. The summed E-state index contributed by atoms with van der Waals surface area (Å²) in [5, 5.41) is 5.03. The normalized spacial score (nSPS) is 11.2. The molecule has 0 N–H and O–H groups in total. The first-order valence-electron chi connectivity index (χ1n) is 34.0. The number of hydrogen-bond acceptors (Lipinski definition) is 5. The number of thiophene rings is 2. The van der Waals surface area contributed by atoms with Crippen molar-refractivity contribution in [3.05, 3.63) is 394 Å². The van der Waals surface area contributed by atoms with Gasteiger partial charge in [-0.2, -0.15) is 0 Å². The number of aromatic nitrogens is 1. The fourth-order valence-corrected chi connectivity index (χ4v) is 16.3. The molecule has 478 valence electrons. The largest absolute Gasteiger partial charge is 0.311 e. The molecule has 0 saturated heterocycles. The van der Waals surface area contributed by atoms with Crippen LogP contribution >= 0.6 is 22.7 Å². The van der Waals surface area contributed by atoms with E-state index in [0.29, 0.717) is 0 Å². The van der Waals surface area contributed by atoms with E-state index in [1.807, 2.05) is 23.5 Å². The lowest BCUT2D eigenvalue weighted by atomic mass is 9.97. The Balaban J connectivity index is 0.000000151. The average Bonchev–Trinajstić information content (AvgIpc) is 1.66. The molecule has 0 spiro atoms. The molecule has 3 aromatic heterocycles. The van der Waals surface area contributed by atoms with Gasteiger partial charge in [0.25, 0.3) is 0 Å². The van der Waals surface area contributed by atoms with E-state index in [-0.39, 0.29) is 5.82 Å². The lowest BCUT2D eigenvalue weighted by Crippen LogP contribution is -2.09. The van der Waals surface area contributed by atoms with Gasteiger partial charge in [0.2, 0.25) is 0 Å². The Morgan fingerprint density at radius 3 is 0.891 bits per heavy atom. The highest BCUT2D eigenvalue weighted by molar-refractivity contribution is 7.26. The SMILES string of the molecule is Fc1cc(-c2ccc(N(c3ccc(-c4ccccc4)cc3)c3ccc(-c4ccccc4)cc3)cc2)cc(-c2cccc3c2sc2ccccc23)c1.c1ccc(-c2ccc(N(c3ccc(-c4ccccc4)cc3)c3ccc(-c4cccc(-c5cccc6c5sc5ccccc56)n4)cc3)cc2)cc1. The van der Waals surface area contributed by atoms with Gasteiger partial charge in [-0.15, -0.1) is 22.7 Å². The first-order chi connectivity index (χ1) is 50.0. The lowest BCUT2D eigenvalue weighted by Gasteiger charge is -2.26. The molecular formula is C95H64FN3S2. The zero-order valence-electron chi connectivity index (χ0n) is 55.0. The highest BCUT2D eigenvalue weighted by Gasteiger charge is 2.19. The number of halogens is 1. The summed E-state index contributed by atoms with van der Waals surface area (Å²) in [5.41, 5.74) is 23.9. The number of hydrogen-bond donors (Lipinski definition) is 0. The standard InChI is InChI=1S/C48H32FNS.C47H32N2S/c49-40-31-38(30-39(32-40)44-15-9-16-46-45-14-7-8-17-47(45)51-48(44)46)37-22-28-43(29-23-37)50(41-24-18-35(19-25-41)33-10-3-1-4-11-33)42-26-20-36(21-27-42)34-12-5-2-6-13-34;1-3-11-33(12-4-1)35-21-27-38(28-22-35)49(39-29-23-36(24-30-39)34-13-5-2-6-14-34)40-31-25-37(26-32-40)44-18-10-19-45(48-44)43-17-9-16-42-41-15-7-8-20-46(41)50-47(42)43/h1-32H;1-32H. The maximum absolute atomic E-state index is 15.4. The predicted molar refractivity (Wildman–Crippen MR) is 429 cm³/mol. The third-order valence-electron chi connectivity index (χ3n) is 18.9. The summed E-state index contributed by atoms with van der Waals surface area (Å²) < 4.78 is 20.4. The van der Waals surface area contributed by atoms with Gasteiger partial charge in [0.15, 0.2) is 0 Å². The van der Waals surface area contributed by atoms with Crippen molar-refractivity contribution in [1.29, 1.82) is 0 Å². The number of benzene rings is 15. The summed E-state index contributed by atoms with van der Waals surface area (Å²) in [4.78, 5) is 9.78. The van der Waals surface area contributed by atoms with Crippen LogP contribution in [0, 0.1) is 5.82 Å². The van der Waals surface area contributed by atoms with E-state index in [2.05, 4.69) is 374 Å². The van der Waals surface area contributed by atoms with E-state index in [9.17, 15) is 0 Å². The molecule has 0 amide bonds. The Labute approximate surface area is 595 Å². The molecule has 101 heavy (non-hydrogen) atoms. The number of pyridine rings is 1. The smallest absolute Gasteiger partial charge is 0.124 e. The monoisotopic (exact) mass is 1330 g/mol. The van der Waals surface area contributed by atoms with Crippen LogP contribution in [0.4, 0.5) is 38.5 Å². The van der Waals surface area contributed by atoms with Crippen LogP contribution in [-0.4, -0.2) is 4.98 Å². The van der Waals surface area contributed by atoms with Gasteiger partial charge in [0, 0.05) is 85.6 Å². The van der Waals surface area contributed by atoms with Crippen molar-refractivity contribution < 1.29 is 4.39 Å². The molecule has 0 fully saturated rings. The van der Waals surface area contributed by atoms with E-state index in [4.69, 9.17) is 4.98 Å². The Bertz CT molecular complexity index is 5740. The minimum atomic E-state index is -0.247. The van der Waals surface area contributed by atoms with Crippen molar-refractivity contribution in [3.63, 3.8) is 0 Å². The van der Waals surface area contributed by atoms with Crippen LogP contribution in [0.1, 0.15) is 0 Å². The summed E-state index contributed by atoms with van der Waals surface area (Å²) in [6.07, 6.45) is 0. The molecule has 0 aliphatic heterocycles. The number of fused-ring (bicyclic) bond motifs is 6. The molecule has 0 bridgehead atoms. The first kappa shape index (κ1) is 62.0. The van der Waals surface area contributed by atoms with Crippen LogP contribution < -0.4 is 9.80 Å². The minimum Gasteiger partial charge on any atom is -0.311 e. The van der Waals surface area contributed by atoms with E-state index in [1.54, 1.807) is 23.5 Å². The van der Waals surface area contributed by atoms with Crippen LogP contribution in [-0.2, 0) is 0 Å². The Hall–Kier alpha value is -12.6. The lowest BCUT2D eigenvalue weighted by molar-refractivity contribution is 0.629. The molecule has 0 aliphatic rings. The van der Waals surface area contributed by atoms with Gasteiger partial charge in [-0.25, -0.2) is 9.37 Å². The third-order valence-corrected chi connectivity index (χ3v) is 21.3. The van der Waals surface area contributed by atoms with Gasteiger partial charge in [0.1, 0.15) is 5.82 Å². The van der Waals surface area contributed by atoms with Crippen LogP contribution in [0.3, 0.4) is 0 Å². The van der Waals surface area contributed by atoms with Gasteiger partial charge in [-0.05, 0) is 182 Å². The maximum Gasteiger partial charge on any atom is 0.124 e. The molecule has 0 radical (unpaired) electrons. The zero-order chi connectivity index (χ0) is 67.4. The van der Waals surface area contributed by atoms with Crippen molar-refractivity contribution in [2.24, 2.45) is 0 Å².